The Kier molecular flexibility index (Phi) is 10.2. The molecule has 0 aliphatic heterocycles. The van der Waals surface area contributed by atoms with Crippen molar-refractivity contribution in [3.63, 3.8) is 0 Å². The first kappa shape index (κ1) is 42.7. The van der Waals surface area contributed by atoms with Crippen LogP contribution in [0.5, 0.6) is 5.75 Å². The number of sulfonamides is 1. The standard InChI is InChI=1S/C41H33ClF6N10O5S/c1-17-49-15-29(63-3)33(50-17)19-5-6-22-26(12-19)52-39(58(40(22)60)28-8-7-25(42)32-35(28)56(2)54-38(32)55-64(4,61)62)27(11-18-9-20(43)13-21(44)10-18)51-30(59)16-57-36-31(34(53-57)37(45)46)23-14-24(23)41(36,47)48/h5-10,12-13,15,23-24,27,37H,11,14,16H2,1-4H3,(H,51,59)(H,54,55)/t23-,24+,27-/m0/s1. The maximum atomic E-state index is 15.6. The molecule has 2 aliphatic rings. The van der Waals surface area contributed by atoms with Gasteiger partial charge >= 0.3 is 0 Å². The van der Waals surface area contributed by atoms with Crippen molar-refractivity contribution < 1.29 is 44.3 Å². The van der Waals surface area contributed by atoms with Gasteiger partial charge in [0.1, 0.15) is 46.9 Å². The van der Waals surface area contributed by atoms with Gasteiger partial charge in [0.05, 0.1) is 58.1 Å². The highest BCUT2D eigenvalue weighted by Crippen LogP contribution is 2.68. The third-order valence-corrected chi connectivity index (χ3v) is 12.1. The van der Waals surface area contributed by atoms with E-state index < -0.39 is 87.7 Å². The third kappa shape index (κ3) is 7.36. The minimum Gasteiger partial charge on any atom is -0.493 e. The van der Waals surface area contributed by atoms with Gasteiger partial charge in [-0.2, -0.15) is 19.0 Å². The van der Waals surface area contributed by atoms with Crippen LogP contribution in [0.25, 0.3) is 38.8 Å². The van der Waals surface area contributed by atoms with Gasteiger partial charge in [-0.05, 0) is 61.2 Å². The predicted octanol–water partition coefficient (Wildman–Crippen LogP) is 6.79. The molecule has 4 heterocycles. The number of halogens is 7. The van der Waals surface area contributed by atoms with Gasteiger partial charge in [0.2, 0.25) is 15.9 Å². The van der Waals surface area contributed by atoms with Crippen molar-refractivity contribution in [2.75, 3.05) is 18.1 Å². The molecule has 3 atom stereocenters. The van der Waals surface area contributed by atoms with E-state index in [9.17, 15) is 30.8 Å². The molecule has 0 spiro atoms. The van der Waals surface area contributed by atoms with Crippen molar-refractivity contribution in [1.82, 2.24) is 44.4 Å². The second kappa shape index (κ2) is 15.3. The second-order valence-corrected chi connectivity index (χ2v) is 17.7. The number of nitrogens with one attached hydrogen (secondary N) is 2. The molecule has 2 aliphatic carbocycles. The molecule has 0 radical (unpaired) electrons. The van der Waals surface area contributed by atoms with Gasteiger partial charge in [-0.1, -0.05) is 17.7 Å². The fourth-order valence-electron chi connectivity index (χ4n) is 8.54. The van der Waals surface area contributed by atoms with E-state index in [4.69, 9.17) is 21.3 Å². The van der Waals surface area contributed by atoms with Gasteiger partial charge in [0.25, 0.3) is 17.9 Å². The van der Waals surface area contributed by atoms with Crippen molar-refractivity contribution in [3.8, 4) is 22.7 Å². The molecule has 4 aromatic heterocycles. The number of aryl methyl sites for hydroxylation is 2. The molecule has 3 aromatic carbocycles. The summed E-state index contributed by atoms with van der Waals surface area (Å²) in [7, 11) is -1.07. The monoisotopic (exact) mass is 926 g/mol. The highest BCUT2D eigenvalue weighted by atomic mass is 35.5. The average Bonchev–Trinajstić information content (AvgIpc) is 3.75. The summed E-state index contributed by atoms with van der Waals surface area (Å²) in [6.45, 7) is 0.652. The fraction of sp³-hybridized carbons (Fsp3) is 0.293. The van der Waals surface area contributed by atoms with Crippen LogP contribution < -0.4 is 20.3 Å². The first-order chi connectivity index (χ1) is 30.2. The first-order valence-electron chi connectivity index (χ1n) is 19.3. The number of nitrogens with zero attached hydrogens (tertiary/aromatic N) is 8. The molecule has 7 aromatic rings. The lowest BCUT2D eigenvalue weighted by Gasteiger charge is -2.24. The molecular formula is C41H33ClF6N10O5S. The summed E-state index contributed by atoms with van der Waals surface area (Å²) in [6.07, 6.45) is -1.37. The number of rotatable bonds is 12. The molecule has 332 valence electrons. The Balaban J connectivity index is 1.27. The van der Waals surface area contributed by atoms with E-state index in [1.54, 1.807) is 13.0 Å². The van der Waals surface area contributed by atoms with Crippen LogP contribution in [0.2, 0.25) is 5.02 Å². The van der Waals surface area contributed by atoms with Gasteiger partial charge in [0, 0.05) is 36.6 Å². The highest BCUT2D eigenvalue weighted by Gasteiger charge is 2.67. The van der Waals surface area contributed by atoms with Crippen LogP contribution in [0.15, 0.2) is 59.5 Å². The molecule has 1 fully saturated rings. The Labute approximate surface area is 363 Å². The zero-order chi connectivity index (χ0) is 45.7. The van der Waals surface area contributed by atoms with E-state index in [0.717, 1.165) is 23.0 Å². The maximum absolute atomic E-state index is 15.6. The summed E-state index contributed by atoms with van der Waals surface area (Å²) in [5.74, 6) is -8.49. The largest absolute Gasteiger partial charge is 0.493 e. The summed E-state index contributed by atoms with van der Waals surface area (Å²) in [5.41, 5.74) is -1.92. The number of carbonyl (C=O) groups excluding carboxylic acids is 1. The Hall–Kier alpha value is -6.55. The minimum absolute atomic E-state index is 0.00228. The fourth-order valence-corrected chi connectivity index (χ4v) is 9.28. The number of carbonyl (C=O) groups is 1. The molecule has 1 saturated carbocycles. The number of fused-ring (bicyclic) bond motifs is 5. The zero-order valence-electron chi connectivity index (χ0n) is 33.8. The van der Waals surface area contributed by atoms with Crippen LogP contribution in [0.3, 0.4) is 0 Å². The van der Waals surface area contributed by atoms with E-state index in [-0.39, 0.29) is 67.5 Å². The smallest absolute Gasteiger partial charge is 0.293 e. The number of methoxy groups -OCH3 is 1. The SMILES string of the molecule is COc1cnc(C)nc1-c1ccc2c(=O)n(-c3ccc(Cl)c4c(NS(C)(=O)=O)nn(C)c34)c([C@H](Cc3cc(F)cc(F)c3)NC(=O)Cn3nc(C(F)F)c4c3C(F)(F)[C@@H]3C[C@H]43)nc2c1. The minimum atomic E-state index is -3.93. The number of hydrogen-bond donors (Lipinski definition) is 2. The maximum Gasteiger partial charge on any atom is 0.293 e. The van der Waals surface area contributed by atoms with Gasteiger partial charge in [-0.25, -0.2) is 40.9 Å². The normalized spacial score (nSPS) is 16.9. The van der Waals surface area contributed by atoms with Crippen LogP contribution in [-0.4, -0.2) is 66.8 Å². The third-order valence-electron chi connectivity index (χ3n) is 11.2. The van der Waals surface area contributed by atoms with Crippen molar-refractivity contribution >= 4 is 55.2 Å². The molecule has 0 saturated heterocycles. The topological polar surface area (TPSA) is 181 Å². The highest BCUT2D eigenvalue weighted by molar-refractivity contribution is 7.92. The lowest BCUT2D eigenvalue weighted by Crippen LogP contribution is -2.38. The molecule has 1 amide bonds. The molecule has 23 heteroatoms. The number of ether oxygens (including phenoxy) is 1. The second-order valence-electron chi connectivity index (χ2n) is 15.6. The molecule has 64 heavy (non-hydrogen) atoms. The lowest BCUT2D eigenvalue weighted by atomic mass is 10.0. The van der Waals surface area contributed by atoms with Crippen LogP contribution in [-0.2, 0) is 40.8 Å². The average molecular weight is 927 g/mol. The molecule has 0 bridgehead atoms. The summed E-state index contributed by atoms with van der Waals surface area (Å²) in [5, 5.41) is 10.8. The number of amides is 1. The number of anilines is 1. The van der Waals surface area contributed by atoms with E-state index in [2.05, 4.69) is 30.2 Å². The van der Waals surface area contributed by atoms with Gasteiger partial charge in [-0.15, -0.1) is 0 Å². The molecule has 9 rings (SSSR count). The number of aromatic nitrogens is 8. The van der Waals surface area contributed by atoms with Crippen LogP contribution in [0, 0.1) is 24.5 Å². The molecular weight excluding hydrogens is 894 g/mol. The summed E-state index contributed by atoms with van der Waals surface area (Å²) >= 11 is 6.64. The van der Waals surface area contributed by atoms with Crippen molar-refractivity contribution in [3.05, 3.63) is 116 Å². The number of benzene rings is 3. The summed E-state index contributed by atoms with van der Waals surface area (Å²) in [4.78, 5) is 42.8. The van der Waals surface area contributed by atoms with Crippen LogP contribution in [0.4, 0.5) is 32.2 Å². The molecule has 2 N–H and O–H groups in total. The van der Waals surface area contributed by atoms with Crippen LogP contribution >= 0.6 is 11.6 Å². The van der Waals surface area contributed by atoms with Crippen LogP contribution in [0.1, 0.15) is 59.0 Å². The summed E-state index contributed by atoms with van der Waals surface area (Å²) < 4.78 is 125. The van der Waals surface area contributed by atoms with Gasteiger partial charge in [-0.3, -0.25) is 28.2 Å². The van der Waals surface area contributed by atoms with Crippen molar-refractivity contribution in [2.45, 2.75) is 50.6 Å². The van der Waals surface area contributed by atoms with Crippen molar-refractivity contribution in [2.24, 2.45) is 13.0 Å². The lowest BCUT2D eigenvalue weighted by molar-refractivity contribution is -0.123. The Bertz CT molecular complexity index is 3270. The van der Waals surface area contributed by atoms with E-state index in [1.165, 1.54) is 49.3 Å². The Morgan fingerprint density at radius 1 is 1.06 bits per heavy atom. The number of alkyl halides is 4. The molecule has 15 nitrogen and oxygen atoms in total. The van der Waals surface area contributed by atoms with E-state index in [0.29, 0.717) is 27.8 Å². The predicted molar refractivity (Wildman–Crippen MR) is 220 cm³/mol. The Morgan fingerprint density at radius 3 is 2.48 bits per heavy atom. The number of hydrogen-bond acceptors (Lipinski definition) is 10. The van der Waals surface area contributed by atoms with Crippen molar-refractivity contribution in [1.29, 1.82) is 0 Å². The van der Waals surface area contributed by atoms with Gasteiger partial charge < -0.3 is 10.1 Å². The Morgan fingerprint density at radius 2 is 1.80 bits per heavy atom. The zero-order valence-corrected chi connectivity index (χ0v) is 35.4. The molecule has 0 unspecified atom stereocenters. The quantitative estimate of drug-likeness (QED) is 0.124. The summed E-state index contributed by atoms with van der Waals surface area (Å²) in [6, 6.07) is 8.34. The first-order valence-corrected chi connectivity index (χ1v) is 21.6. The van der Waals surface area contributed by atoms with Gasteiger partial charge in [0.15, 0.2) is 11.6 Å². The van der Waals surface area contributed by atoms with E-state index in [1.807, 2.05) is 0 Å². The van der Waals surface area contributed by atoms with E-state index >= 15 is 13.6 Å².